The van der Waals surface area contributed by atoms with E-state index in [1.165, 1.54) is 18.2 Å². The van der Waals surface area contributed by atoms with Crippen LogP contribution in [0, 0.1) is 0 Å². The molecule has 1 aromatic rings. The standard InChI is InChI=1S/C15H21NO4/c1-2-14(19)20-13-5-3-4-10(15(13)16)9-6-7-11(17)12(18)8-9/h6-8,10,13,15,17-18H,2-5,16H2,1H3/t10?,13?,15-/m0/s1/i10D,15D. The molecule has 0 saturated heterocycles. The van der Waals surface area contributed by atoms with Gasteiger partial charge >= 0.3 is 5.97 Å². The SMILES string of the molecule is [2H]C1(c2ccc(O)c(O)c2)CCCC(OC(=O)CC)[C@@]1([2H])N. The molecule has 5 heteroatoms. The van der Waals surface area contributed by atoms with E-state index in [2.05, 4.69) is 0 Å². The van der Waals surface area contributed by atoms with Crippen LogP contribution in [0.1, 0.15) is 46.8 Å². The summed E-state index contributed by atoms with van der Waals surface area (Å²) >= 11 is 0. The topological polar surface area (TPSA) is 92.8 Å². The van der Waals surface area contributed by atoms with Crippen LogP contribution >= 0.6 is 0 Å². The summed E-state index contributed by atoms with van der Waals surface area (Å²) in [6.07, 6.45) is 0.595. The number of benzene rings is 1. The molecule has 0 aromatic heterocycles. The lowest BCUT2D eigenvalue weighted by Crippen LogP contribution is -2.45. The summed E-state index contributed by atoms with van der Waals surface area (Å²) in [6, 6.07) is 2.11. The molecule has 1 fully saturated rings. The lowest BCUT2D eigenvalue weighted by atomic mass is 9.78. The fourth-order valence-electron chi connectivity index (χ4n) is 2.34. The van der Waals surface area contributed by atoms with E-state index in [4.69, 9.17) is 13.2 Å². The number of rotatable bonds is 3. The van der Waals surface area contributed by atoms with Crippen molar-refractivity contribution in [3.8, 4) is 11.5 Å². The quantitative estimate of drug-likeness (QED) is 0.582. The Morgan fingerprint density at radius 1 is 1.45 bits per heavy atom. The summed E-state index contributed by atoms with van der Waals surface area (Å²) < 4.78 is 22.3. The monoisotopic (exact) mass is 281 g/mol. The van der Waals surface area contributed by atoms with Gasteiger partial charge in [0.05, 0.1) is 1.37 Å². The Kier molecular flexibility index (Phi) is 3.69. The van der Waals surface area contributed by atoms with E-state index in [-0.39, 0.29) is 17.9 Å². The molecule has 0 bridgehead atoms. The maximum Gasteiger partial charge on any atom is 0.305 e. The van der Waals surface area contributed by atoms with E-state index in [1.54, 1.807) is 6.92 Å². The third-order valence-corrected chi connectivity index (χ3v) is 3.47. The van der Waals surface area contributed by atoms with E-state index < -0.39 is 24.0 Å². The van der Waals surface area contributed by atoms with Gasteiger partial charge in [-0.2, -0.15) is 0 Å². The van der Waals surface area contributed by atoms with Gasteiger partial charge < -0.3 is 20.7 Å². The third kappa shape index (κ3) is 3.04. The normalized spacial score (nSPS) is 35.0. The first-order valence-electron chi connectivity index (χ1n) is 7.73. The predicted molar refractivity (Wildman–Crippen MR) is 74.5 cm³/mol. The van der Waals surface area contributed by atoms with Crippen molar-refractivity contribution in [2.75, 3.05) is 0 Å². The highest BCUT2D eigenvalue weighted by Gasteiger charge is 2.34. The predicted octanol–water partition coefficient (Wildman–Crippen LogP) is 2.01. The Balaban J connectivity index is 2.38. The average molecular weight is 281 g/mol. The number of carbonyl (C=O) groups is 1. The third-order valence-electron chi connectivity index (χ3n) is 3.47. The van der Waals surface area contributed by atoms with Gasteiger partial charge in [0.1, 0.15) is 6.10 Å². The van der Waals surface area contributed by atoms with Crippen LogP contribution in [0.4, 0.5) is 0 Å². The molecule has 1 aliphatic carbocycles. The first kappa shape index (κ1) is 12.0. The highest BCUT2D eigenvalue weighted by Crippen LogP contribution is 2.37. The molecule has 1 aromatic carbocycles. The van der Waals surface area contributed by atoms with Crippen LogP contribution in [-0.2, 0) is 9.53 Å². The average Bonchev–Trinajstić information content (AvgIpc) is 2.47. The first-order valence-corrected chi connectivity index (χ1v) is 6.73. The lowest BCUT2D eigenvalue weighted by molar-refractivity contribution is -0.151. The number of phenolic OH excluding ortho intramolecular Hbond substituents is 2. The minimum Gasteiger partial charge on any atom is -0.504 e. The molecule has 0 aliphatic heterocycles. The van der Waals surface area contributed by atoms with Crippen LogP contribution in [0.2, 0.25) is 0 Å². The summed E-state index contributed by atoms with van der Waals surface area (Å²) in [4.78, 5) is 11.5. The van der Waals surface area contributed by atoms with Crippen LogP contribution in [0.3, 0.4) is 0 Å². The molecule has 5 nitrogen and oxygen atoms in total. The molecule has 0 amide bonds. The fraction of sp³-hybridized carbons (Fsp3) is 0.533. The minimum atomic E-state index is -1.85. The Hall–Kier alpha value is -1.75. The number of nitrogens with two attached hydrogens (primary N) is 1. The van der Waals surface area contributed by atoms with Gasteiger partial charge in [-0.15, -0.1) is 0 Å². The highest BCUT2D eigenvalue weighted by molar-refractivity contribution is 5.69. The van der Waals surface area contributed by atoms with Crippen molar-refractivity contribution in [1.29, 1.82) is 0 Å². The van der Waals surface area contributed by atoms with Gasteiger partial charge in [0.2, 0.25) is 0 Å². The van der Waals surface area contributed by atoms with Crippen LogP contribution in [0.15, 0.2) is 18.2 Å². The minimum absolute atomic E-state index is 0.178. The van der Waals surface area contributed by atoms with Crippen molar-refractivity contribution in [2.24, 2.45) is 5.73 Å². The number of aromatic hydroxyl groups is 2. The number of hydrogen-bond acceptors (Lipinski definition) is 5. The van der Waals surface area contributed by atoms with Gasteiger partial charge in [0, 0.05) is 19.7 Å². The maximum atomic E-state index is 11.5. The van der Waals surface area contributed by atoms with Crippen molar-refractivity contribution < 1.29 is 22.5 Å². The van der Waals surface area contributed by atoms with Gasteiger partial charge in [-0.05, 0) is 37.0 Å². The summed E-state index contributed by atoms with van der Waals surface area (Å²) in [7, 11) is 0. The first-order chi connectivity index (χ1) is 10.2. The zero-order valence-corrected chi connectivity index (χ0v) is 11.4. The summed E-state index contributed by atoms with van der Waals surface area (Å²) in [5.41, 5.74) is 6.40. The zero-order valence-electron chi connectivity index (χ0n) is 13.4. The summed E-state index contributed by atoms with van der Waals surface area (Å²) in [5.74, 6) is -2.67. The van der Waals surface area contributed by atoms with E-state index in [9.17, 15) is 15.0 Å². The van der Waals surface area contributed by atoms with E-state index in [0.717, 1.165) is 0 Å². The molecule has 4 N–H and O–H groups in total. The Morgan fingerprint density at radius 3 is 2.85 bits per heavy atom. The summed E-state index contributed by atoms with van der Waals surface area (Å²) in [5, 5.41) is 19.0. The molecule has 2 rings (SSSR count). The van der Waals surface area contributed by atoms with Crippen LogP contribution in [-0.4, -0.2) is 28.3 Å². The Bertz CT molecular complexity index is 579. The number of phenols is 2. The highest BCUT2D eigenvalue weighted by atomic mass is 16.5. The second kappa shape index (κ2) is 6.13. The molecule has 1 saturated carbocycles. The summed E-state index contributed by atoms with van der Waals surface area (Å²) in [6.45, 7) is 1.65. The zero-order chi connectivity index (χ0) is 16.5. The van der Waals surface area contributed by atoms with Crippen molar-refractivity contribution in [1.82, 2.24) is 0 Å². The molecule has 2 unspecified atom stereocenters. The lowest BCUT2D eigenvalue weighted by Gasteiger charge is -2.35. The van der Waals surface area contributed by atoms with Crippen molar-refractivity contribution >= 4 is 5.97 Å². The molecular formula is C15H21NO4. The van der Waals surface area contributed by atoms with Crippen LogP contribution in [0.5, 0.6) is 11.5 Å². The van der Waals surface area contributed by atoms with Crippen LogP contribution < -0.4 is 5.73 Å². The molecule has 20 heavy (non-hydrogen) atoms. The maximum absolute atomic E-state index is 11.5. The molecule has 0 spiro atoms. The number of esters is 1. The van der Waals surface area contributed by atoms with Gasteiger partial charge in [-0.1, -0.05) is 13.0 Å². The van der Waals surface area contributed by atoms with Crippen molar-refractivity contribution in [3.05, 3.63) is 23.8 Å². The van der Waals surface area contributed by atoms with E-state index in [1.807, 2.05) is 0 Å². The van der Waals surface area contributed by atoms with Gasteiger partial charge in [0.25, 0.3) is 0 Å². The Morgan fingerprint density at radius 2 is 2.20 bits per heavy atom. The van der Waals surface area contributed by atoms with Gasteiger partial charge in [-0.25, -0.2) is 0 Å². The fourth-order valence-corrected chi connectivity index (χ4v) is 2.34. The van der Waals surface area contributed by atoms with Gasteiger partial charge in [-0.3, -0.25) is 4.79 Å². The number of ether oxygens (including phenoxy) is 1. The van der Waals surface area contributed by atoms with Crippen molar-refractivity contribution in [2.45, 2.75) is 50.6 Å². The van der Waals surface area contributed by atoms with E-state index >= 15 is 0 Å². The second-order valence-corrected chi connectivity index (χ2v) is 4.86. The molecule has 1 aliphatic rings. The largest absolute Gasteiger partial charge is 0.504 e. The van der Waals surface area contributed by atoms with Crippen LogP contribution in [0.25, 0.3) is 0 Å². The molecule has 0 radical (unpaired) electrons. The second-order valence-electron chi connectivity index (χ2n) is 4.86. The molecular weight excluding hydrogens is 258 g/mol. The molecule has 3 atom stereocenters. The smallest absolute Gasteiger partial charge is 0.305 e. The molecule has 0 heterocycles. The molecule has 110 valence electrons. The van der Waals surface area contributed by atoms with Gasteiger partial charge in [0.15, 0.2) is 11.5 Å². The Labute approximate surface area is 121 Å². The number of carbonyl (C=O) groups excluding carboxylic acids is 1. The van der Waals surface area contributed by atoms with E-state index in [0.29, 0.717) is 24.8 Å². The number of hydrogen-bond donors (Lipinski definition) is 3. The van der Waals surface area contributed by atoms with Crippen molar-refractivity contribution in [3.63, 3.8) is 0 Å².